The molecule has 1 N–H and O–H groups in total. The Bertz CT molecular complexity index is 616. The van der Waals surface area contributed by atoms with E-state index in [1.54, 1.807) is 12.1 Å². The molecule has 0 atom stereocenters. The molecular formula is C14H18ClN3O. The van der Waals surface area contributed by atoms with Gasteiger partial charge in [-0.1, -0.05) is 0 Å². The van der Waals surface area contributed by atoms with E-state index in [1.165, 1.54) is 0 Å². The van der Waals surface area contributed by atoms with Crippen molar-refractivity contribution in [3.8, 4) is 0 Å². The third-order valence-electron chi connectivity index (χ3n) is 2.84. The van der Waals surface area contributed by atoms with Gasteiger partial charge >= 0.3 is 0 Å². The summed E-state index contributed by atoms with van der Waals surface area (Å²) < 4.78 is 1.95. The molecule has 2 rings (SSSR count). The van der Waals surface area contributed by atoms with Crippen LogP contribution in [0.25, 0.3) is 11.0 Å². The first-order valence-corrected chi connectivity index (χ1v) is 6.76. The smallest absolute Gasteiger partial charge is 0.251 e. The third kappa shape index (κ3) is 2.73. The lowest BCUT2D eigenvalue weighted by Crippen LogP contribution is -2.29. The Balaban J connectivity index is 2.45. The van der Waals surface area contributed by atoms with E-state index in [2.05, 4.69) is 10.3 Å². The molecule has 0 bridgehead atoms. The topological polar surface area (TPSA) is 46.9 Å². The summed E-state index contributed by atoms with van der Waals surface area (Å²) in [6.07, 6.45) is 0. The second kappa shape index (κ2) is 5.21. The Morgan fingerprint density at radius 3 is 2.58 bits per heavy atom. The fraction of sp³-hybridized carbons (Fsp3) is 0.429. The number of rotatable bonds is 3. The van der Waals surface area contributed by atoms with E-state index < -0.39 is 0 Å². The first-order valence-electron chi connectivity index (χ1n) is 6.38. The summed E-state index contributed by atoms with van der Waals surface area (Å²) in [5, 5.41) is 3.31. The standard InChI is InChI=1S/C14H18ClN3O/c1-8(2)16-13(19)10-5-6-12-11(7-10)17-14(15)18(12)9(3)4/h5-9H,1-4H3,(H,16,19). The van der Waals surface area contributed by atoms with Crippen LogP contribution in [0.3, 0.4) is 0 Å². The molecule has 0 spiro atoms. The number of amides is 1. The van der Waals surface area contributed by atoms with Crippen molar-refractivity contribution in [3.05, 3.63) is 29.0 Å². The minimum absolute atomic E-state index is 0.0906. The van der Waals surface area contributed by atoms with Crippen molar-refractivity contribution in [3.63, 3.8) is 0 Å². The summed E-state index contributed by atoms with van der Waals surface area (Å²) in [4.78, 5) is 16.3. The number of fused-ring (bicyclic) bond motifs is 1. The Hall–Kier alpha value is -1.55. The van der Waals surface area contributed by atoms with Crippen LogP contribution >= 0.6 is 11.6 Å². The normalized spacial score (nSPS) is 11.5. The average molecular weight is 280 g/mol. The first kappa shape index (κ1) is 13.9. The summed E-state index contributed by atoms with van der Waals surface area (Å²) in [5.41, 5.74) is 2.29. The summed E-state index contributed by atoms with van der Waals surface area (Å²) in [6, 6.07) is 5.81. The van der Waals surface area contributed by atoms with Gasteiger partial charge in [0.15, 0.2) is 0 Å². The largest absolute Gasteiger partial charge is 0.350 e. The van der Waals surface area contributed by atoms with Gasteiger partial charge in [0.2, 0.25) is 5.28 Å². The molecule has 0 radical (unpaired) electrons. The lowest BCUT2D eigenvalue weighted by Gasteiger charge is -2.10. The molecule has 4 nitrogen and oxygen atoms in total. The summed E-state index contributed by atoms with van der Waals surface area (Å²) in [5.74, 6) is -0.0906. The number of nitrogens with one attached hydrogen (secondary N) is 1. The van der Waals surface area contributed by atoms with Crippen LogP contribution in [-0.2, 0) is 0 Å². The van der Waals surface area contributed by atoms with E-state index in [9.17, 15) is 4.79 Å². The molecule has 1 heterocycles. The third-order valence-corrected chi connectivity index (χ3v) is 3.11. The fourth-order valence-electron chi connectivity index (χ4n) is 2.05. The van der Waals surface area contributed by atoms with Gasteiger partial charge in [0, 0.05) is 17.6 Å². The van der Waals surface area contributed by atoms with Crippen molar-refractivity contribution in [2.75, 3.05) is 0 Å². The maximum Gasteiger partial charge on any atom is 0.251 e. The van der Waals surface area contributed by atoms with E-state index in [0.29, 0.717) is 10.8 Å². The molecule has 0 aliphatic rings. The van der Waals surface area contributed by atoms with Gasteiger partial charge in [-0.05, 0) is 57.5 Å². The zero-order valence-electron chi connectivity index (χ0n) is 11.6. The molecule has 0 saturated heterocycles. The van der Waals surface area contributed by atoms with Crippen LogP contribution in [0.5, 0.6) is 0 Å². The maximum atomic E-state index is 11.9. The second-order valence-corrected chi connectivity index (χ2v) is 5.51. The lowest BCUT2D eigenvalue weighted by molar-refractivity contribution is 0.0943. The minimum atomic E-state index is -0.0906. The van der Waals surface area contributed by atoms with Crippen molar-refractivity contribution in [1.82, 2.24) is 14.9 Å². The predicted octanol–water partition coefficient (Wildman–Crippen LogP) is 3.41. The Morgan fingerprint density at radius 2 is 2.00 bits per heavy atom. The van der Waals surface area contributed by atoms with Gasteiger partial charge in [0.25, 0.3) is 5.91 Å². The highest BCUT2D eigenvalue weighted by atomic mass is 35.5. The summed E-state index contributed by atoms with van der Waals surface area (Å²) in [7, 11) is 0. The van der Waals surface area contributed by atoms with E-state index in [0.717, 1.165) is 11.0 Å². The van der Waals surface area contributed by atoms with Gasteiger partial charge in [0.05, 0.1) is 11.0 Å². The van der Waals surface area contributed by atoms with Crippen LogP contribution in [-0.4, -0.2) is 21.5 Å². The van der Waals surface area contributed by atoms with Gasteiger partial charge in [-0.3, -0.25) is 4.79 Å². The molecule has 0 aliphatic heterocycles. The highest BCUT2D eigenvalue weighted by molar-refractivity contribution is 6.29. The number of hydrogen-bond donors (Lipinski definition) is 1. The molecule has 1 aromatic heterocycles. The molecule has 102 valence electrons. The number of imidazole rings is 1. The van der Waals surface area contributed by atoms with Gasteiger partial charge in [-0.25, -0.2) is 4.98 Å². The Morgan fingerprint density at radius 1 is 1.32 bits per heavy atom. The zero-order valence-corrected chi connectivity index (χ0v) is 12.3. The minimum Gasteiger partial charge on any atom is -0.350 e. The molecule has 0 fully saturated rings. The average Bonchev–Trinajstić information content (AvgIpc) is 2.62. The Labute approximate surface area is 117 Å². The van der Waals surface area contributed by atoms with Crippen molar-refractivity contribution in [2.45, 2.75) is 39.8 Å². The molecule has 0 saturated carbocycles. The first-order chi connectivity index (χ1) is 8.90. The van der Waals surface area contributed by atoms with E-state index >= 15 is 0 Å². The predicted molar refractivity (Wildman–Crippen MR) is 77.7 cm³/mol. The number of nitrogens with zero attached hydrogens (tertiary/aromatic N) is 2. The lowest BCUT2D eigenvalue weighted by atomic mass is 10.1. The molecule has 1 aromatic carbocycles. The summed E-state index contributed by atoms with van der Waals surface area (Å²) >= 11 is 6.13. The van der Waals surface area contributed by atoms with Crippen molar-refractivity contribution in [1.29, 1.82) is 0 Å². The monoisotopic (exact) mass is 279 g/mol. The number of carbonyl (C=O) groups excluding carboxylic acids is 1. The molecule has 0 aliphatic carbocycles. The SMILES string of the molecule is CC(C)NC(=O)c1ccc2c(c1)nc(Cl)n2C(C)C. The van der Waals surface area contributed by atoms with Crippen molar-refractivity contribution in [2.24, 2.45) is 0 Å². The van der Waals surface area contributed by atoms with E-state index in [-0.39, 0.29) is 18.0 Å². The second-order valence-electron chi connectivity index (χ2n) is 5.18. The highest BCUT2D eigenvalue weighted by Gasteiger charge is 2.14. The quantitative estimate of drug-likeness (QED) is 0.936. The van der Waals surface area contributed by atoms with Gasteiger partial charge in [-0.2, -0.15) is 0 Å². The van der Waals surface area contributed by atoms with Gasteiger partial charge < -0.3 is 9.88 Å². The van der Waals surface area contributed by atoms with Crippen molar-refractivity contribution >= 4 is 28.5 Å². The van der Waals surface area contributed by atoms with Crippen LogP contribution in [0.15, 0.2) is 18.2 Å². The van der Waals surface area contributed by atoms with Crippen LogP contribution in [0.4, 0.5) is 0 Å². The van der Waals surface area contributed by atoms with E-state index in [4.69, 9.17) is 11.6 Å². The molecule has 2 aromatic rings. The van der Waals surface area contributed by atoms with Crippen molar-refractivity contribution < 1.29 is 4.79 Å². The maximum absolute atomic E-state index is 11.9. The Kier molecular flexibility index (Phi) is 3.80. The highest BCUT2D eigenvalue weighted by Crippen LogP contribution is 2.24. The molecule has 5 heteroatoms. The van der Waals surface area contributed by atoms with Gasteiger partial charge in [-0.15, -0.1) is 0 Å². The van der Waals surface area contributed by atoms with E-state index in [1.807, 2.05) is 38.3 Å². The number of hydrogen-bond acceptors (Lipinski definition) is 2. The molecule has 19 heavy (non-hydrogen) atoms. The van der Waals surface area contributed by atoms with Crippen LogP contribution in [0, 0.1) is 0 Å². The number of halogens is 1. The number of carbonyl (C=O) groups is 1. The van der Waals surface area contributed by atoms with Crippen LogP contribution < -0.4 is 5.32 Å². The van der Waals surface area contributed by atoms with Crippen LogP contribution in [0.2, 0.25) is 5.28 Å². The summed E-state index contributed by atoms with van der Waals surface area (Å²) in [6.45, 7) is 7.96. The fourth-order valence-corrected chi connectivity index (χ4v) is 2.42. The zero-order chi connectivity index (χ0) is 14.2. The molecule has 0 unspecified atom stereocenters. The van der Waals surface area contributed by atoms with Crippen LogP contribution in [0.1, 0.15) is 44.1 Å². The van der Waals surface area contributed by atoms with Gasteiger partial charge in [0.1, 0.15) is 0 Å². The molecule has 1 amide bonds. The molecular weight excluding hydrogens is 262 g/mol. The number of aromatic nitrogens is 2. The number of benzene rings is 1.